The van der Waals surface area contributed by atoms with Crippen LogP contribution in [0.2, 0.25) is 0 Å². The van der Waals surface area contributed by atoms with E-state index in [1.807, 2.05) is 30.3 Å². The fourth-order valence-electron chi connectivity index (χ4n) is 4.21. The van der Waals surface area contributed by atoms with Gasteiger partial charge in [-0.1, -0.05) is 30.3 Å². The number of benzene rings is 3. The van der Waals surface area contributed by atoms with E-state index < -0.39 is 0 Å². The Kier molecular flexibility index (Phi) is 5.22. The Morgan fingerprint density at radius 3 is 2.52 bits per heavy atom. The minimum atomic E-state index is -0.343. The fraction of sp³-hybridized carbons (Fsp3) is 0.154. The largest absolute Gasteiger partial charge is 0.325 e. The lowest BCUT2D eigenvalue weighted by molar-refractivity contribution is -0.116. The van der Waals surface area contributed by atoms with Crippen molar-refractivity contribution in [1.82, 2.24) is 9.55 Å². The van der Waals surface area contributed by atoms with Gasteiger partial charge in [0.2, 0.25) is 5.91 Å². The minimum absolute atomic E-state index is 0.0674. The Morgan fingerprint density at radius 1 is 0.970 bits per heavy atom. The van der Waals surface area contributed by atoms with Crippen molar-refractivity contribution in [3.05, 3.63) is 100 Å². The smallest absolute Gasteiger partial charge is 0.261 e. The molecule has 0 unspecified atom stereocenters. The second-order valence-corrected chi connectivity index (χ2v) is 8.03. The maximum atomic E-state index is 13.0. The number of nitrogens with one attached hydrogen (secondary N) is 1. The van der Waals surface area contributed by atoms with Gasteiger partial charge in [-0.05, 0) is 61.4 Å². The number of amides is 2. The molecule has 3 aromatic carbocycles. The molecule has 33 heavy (non-hydrogen) atoms. The summed E-state index contributed by atoms with van der Waals surface area (Å²) in [7, 11) is 0. The summed E-state index contributed by atoms with van der Waals surface area (Å²) < 4.78 is 1.36. The van der Waals surface area contributed by atoms with Gasteiger partial charge in [-0.15, -0.1) is 0 Å². The number of nitrogens with zero attached hydrogens (tertiary/aromatic N) is 3. The van der Waals surface area contributed by atoms with E-state index in [1.54, 1.807) is 54.3 Å². The van der Waals surface area contributed by atoms with Crippen molar-refractivity contribution in [3.8, 4) is 0 Å². The summed E-state index contributed by atoms with van der Waals surface area (Å²) in [6.07, 6.45) is 0.846. The Morgan fingerprint density at radius 2 is 1.70 bits per heavy atom. The molecule has 0 atom stereocenters. The topological polar surface area (TPSA) is 84.3 Å². The molecule has 0 fully saturated rings. The van der Waals surface area contributed by atoms with Crippen LogP contribution in [-0.4, -0.2) is 27.9 Å². The Balaban J connectivity index is 1.29. The highest BCUT2D eigenvalue weighted by Gasteiger charge is 2.25. The highest BCUT2D eigenvalue weighted by molar-refractivity contribution is 6.07. The molecule has 0 radical (unpaired) electrons. The zero-order valence-corrected chi connectivity index (χ0v) is 18.1. The van der Waals surface area contributed by atoms with Crippen LogP contribution in [0.25, 0.3) is 10.9 Å². The SMILES string of the molecule is Cc1nc2ccccc2c(=O)n1CC(=O)Nc1ccc(C(=O)N2CCc3ccccc32)cc1. The van der Waals surface area contributed by atoms with Crippen molar-refractivity contribution in [2.75, 3.05) is 16.8 Å². The highest BCUT2D eigenvalue weighted by Crippen LogP contribution is 2.29. The Bertz CT molecular complexity index is 1440. The fourth-order valence-corrected chi connectivity index (χ4v) is 4.21. The molecule has 0 aliphatic carbocycles. The van der Waals surface area contributed by atoms with E-state index in [-0.39, 0.29) is 23.9 Å². The number of anilines is 2. The van der Waals surface area contributed by atoms with Crippen LogP contribution in [0.5, 0.6) is 0 Å². The quantitative estimate of drug-likeness (QED) is 0.528. The number of aryl methyl sites for hydroxylation is 1. The molecule has 2 amide bonds. The third-order valence-corrected chi connectivity index (χ3v) is 5.90. The van der Waals surface area contributed by atoms with Crippen molar-refractivity contribution in [2.24, 2.45) is 0 Å². The van der Waals surface area contributed by atoms with E-state index in [1.165, 1.54) is 10.1 Å². The lowest BCUT2D eigenvalue weighted by Gasteiger charge is -2.17. The normalized spacial score (nSPS) is 12.6. The molecule has 0 spiro atoms. The monoisotopic (exact) mass is 438 g/mol. The first kappa shape index (κ1) is 20.6. The molecule has 1 N–H and O–H groups in total. The summed E-state index contributed by atoms with van der Waals surface area (Å²) in [6, 6.07) is 21.8. The molecular formula is C26H22N4O3. The van der Waals surface area contributed by atoms with Crippen LogP contribution >= 0.6 is 0 Å². The highest BCUT2D eigenvalue weighted by atomic mass is 16.2. The third kappa shape index (κ3) is 3.89. The van der Waals surface area contributed by atoms with Crippen LogP contribution in [0, 0.1) is 6.92 Å². The Hall–Kier alpha value is -4.26. The van der Waals surface area contributed by atoms with Crippen LogP contribution < -0.4 is 15.8 Å². The molecule has 5 rings (SSSR count). The lowest BCUT2D eigenvalue weighted by atomic mass is 10.1. The first-order valence-corrected chi connectivity index (χ1v) is 10.8. The summed E-state index contributed by atoms with van der Waals surface area (Å²) >= 11 is 0. The van der Waals surface area contributed by atoms with Gasteiger partial charge in [-0.2, -0.15) is 0 Å². The van der Waals surface area contributed by atoms with Gasteiger partial charge in [0.05, 0.1) is 10.9 Å². The van der Waals surface area contributed by atoms with Crippen molar-refractivity contribution in [3.63, 3.8) is 0 Å². The summed E-state index contributed by atoms with van der Waals surface area (Å²) in [5.74, 6) is 0.0627. The molecule has 7 nitrogen and oxygen atoms in total. The first-order chi connectivity index (χ1) is 16.0. The van der Waals surface area contributed by atoms with E-state index in [2.05, 4.69) is 10.3 Å². The van der Waals surface area contributed by atoms with E-state index in [0.29, 0.717) is 34.5 Å². The molecular weight excluding hydrogens is 416 g/mol. The first-order valence-electron chi connectivity index (χ1n) is 10.8. The molecule has 0 saturated carbocycles. The maximum Gasteiger partial charge on any atom is 0.261 e. The summed E-state index contributed by atoms with van der Waals surface area (Å²) in [5, 5.41) is 3.27. The molecule has 2 heterocycles. The molecule has 0 bridgehead atoms. The van der Waals surface area contributed by atoms with Crippen molar-refractivity contribution in [1.29, 1.82) is 0 Å². The van der Waals surface area contributed by atoms with E-state index in [0.717, 1.165) is 12.1 Å². The van der Waals surface area contributed by atoms with Gasteiger partial charge in [0, 0.05) is 23.5 Å². The van der Waals surface area contributed by atoms with Gasteiger partial charge in [-0.25, -0.2) is 4.98 Å². The predicted octanol–water partition coefficient (Wildman–Crippen LogP) is 3.55. The van der Waals surface area contributed by atoms with Gasteiger partial charge in [0.1, 0.15) is 12.4 Å². The zero-order valence-electron chi connectivity index (χ0n) is 18.1. The molecule has 1 aliphatic heterocycles. The summed E-state index contributed by atoms with van der Waals surface area (Å²) in [4.78, 5) is 44.5. The summed E-state index contributed by atoms with van der Waals surface area (Å²) in [5.41, 5.74) is 3.58. The Labute approximate surface area is 190 Å². The predicted molar refractivity (Wildman–Crippen MR) is 128 cm³/mol. The van der Waals surface area contributed by atoms with Crippen LogP contribution in [0.1, 0.15) is 21.7 Å². The zero-order chi connectivity index (χ0) is 22.9. The average molecular weight is 438 g/mol. The van der Waals surface area contributed by atoms with E-state index in [9.17, 15) is 14.4 Å². The molecule has 1 aliphatic rings. The van der Waals surface area contributed by atoms with E-state index in [4.69, 9.17) is 0 Å². The number of hydrogen-bond donors (Lipinski definition) is 1. The molecule has 1 aromatic heterocycles. The average Bonchev–Trinajstić information content (AvgIpc) is 3.26. The molecule has 164 valence electrons. The molecule has 4 aromatic rings. The van der Waals surface area contributed by atoms with Gasteiger partial charge in [-0.3, -0.25) is 19.0 Å². The van der Waals surface area contributed by atoms with Crippen molar-refractivity contribution >= 4 is 34.1 Å². The second-order valence-electron chi connectivity index (χ2n) is 8.03. The van der Waals surface area contributed by atoms with Crippen LogP contribution in [0.3, 0.4) is 0 Å². The van der Waals surface area contributed by atoms with Gasteiger partial charge >= 0.3 is 0 Å². The number of hydrogen-bond acceptors (Lipinski definition) is 4. The number of fused-ring (bicyclic) bond motifs is 2. The number of aromatic nitrogens is 2. The van der Waals surface area contributed by atoms with Crippen LogP contribution in [-0.2, 0) is 17.8 Å². The van der Waals surface area contributed by atoms with Crippen LogP contribution in [0.15, 0.2) is 77.6 Å². The summed E-state index contributed by atoms with van der Waals surface area (Å²) in [6.45, 7) is 2.22. The molecule has 0 saturated heterocycles. The van der Waals surface area contributed by atoms with Gasteiger partial charge in [0.15, 0.2) is 0 Å². The van der Waals surface area contributed by atoms with Crippen molar-refractivity contribution in [2.45, 2.75) is 19.9 Å². The third-order valence-electron chi connectivity index (χ3n) is 5.90. The number of rotatable bonds is 4. The number of carbonyl (C=O) groups excluding carboxylic acids is 2. The van der Waals surface area contributed by atoms with Crippen molar-refractivity contribution < 1.29 is 9.59 Å². The van der Waals surface area contributed by atoms with Gasteiger partial charge in [0.25, 0.3) is 11.5 Å². The van der Waals surface area contributed by atoms with Crippen LogP contribution in [0.4, 0.5) is 11.4 Å². The standard InChI is InChI=1S/C26H22N4O3/c1-17-27-22-8-4-3-7-21(22)26(33)30(17)16-24(31)28-20-12-10-19(11-13-20)25(32)29-15-14-18-6-2-5-9-23(18)29/h2-13H,14-16H2,1H3,(H,28,31). The van der Waals surface area contributed by atoms with E-state index >= 15 is 0 Å². The second kappa shape index (κ2) is 8.35. The molecule has 7 heteroatoms. The maximum absolute atomic E-state index is 13.0. The number of para-hydroxylation sites is 2. The number of carbonyl (C=O) groups is 2. The van der Waals surface area contributed by atoms with Gasteiger partial charge < -0.3 is 10.2 Å². The minimum Gasteiger partial charge on any atom is -0.325 e. The lowest BCUT2D eigenvalue weighted by Crippen LogP contribution is -2.30.